The zero-order valence-electron chi connectivity index (χ0n) is 13.8. The number of sulfonamides is 1. The Morgan fingerprint density at radius 2 is 1.90 bits per heavy atom. The maximum absolute atomic E-state index is 12.6. The zero-order chi connectivity index (χ0) is 16.1. The van der Waals surface area contributed by atoms with Gasteiger partial charge in [-0.1, -0.05) is 13.8 Å². The molecule has 0 aliphatic carbocycles. The molecule has 1 aromatic rings. The van der Waals surface area contributed by atoms with Crippen LogP contribution in [0.2, 0.25) is 0 Å². The summed E-state index contributed by atoms with van der Waals surface area (Å²) in [4.78, 5) is 1.11. The van der Waals surface area contributed by atoms with Gasteiger partial charge in [-0.05, 0) is 58.3 Å². The molecule has 6 heteroatoms. The van der Waals surface area contributed by atoms with Crippen molar-refractivity contribution >= 4 is 21.4 Å². The molecule has 4 nitrogen and oxygen atoms in total. The summed E-state index contributed by atoms with van der Waals surface area (Å²) in [6.45, 7) is 9.94. The quantitative estimate of drug-likeness (QED) is 0.707. The van der Waals surface area contributed by atoms with Crippen molar-refractivity contribution < 1.29 is 8.42 Å². The van der Waals surface area contributed by atoms with Gasteiger partial charge in [-0.3, -0.25) is 0 Å². The van der Waals surface area contributed by atoms with Crippen molar-refractivity contribution in [2.75, 3.05) is 20.1 Å². The van der Waals surface area contributed by atoms with Crippen LogP contribution in [0, 0.1) is 0 Å². The van der Waals surface area contributed by atoms with Gasteiger partial charge in [0, 0.05) is 17.5 Å². The minimum absolute atomic E-state index is 0.369. The second-order valence-electron chi connectivity index (χ2n) is 5.86. The van der Waals surface area contributed by atoms with Crippen molar-refractivity contribution in [1.29, 1.82) is 0 Å². The summed E-state index contributed by atoms with van der Waals surface area (Å²) >= 11 is 1.38. The third-order valence-electron chi connectivity index (χ3n) is 3.94. The standard InChI is InChI=1S/C15H28N2O2S2/c1-6-11-16-12-10-13-8-9-14(20-13)21(18,19)17(5)15(3,4)7-2/h8-9,16H,6-7,10-12H2,1-5H3. The van der Waals surface area contributed by atoms with Crippen LogP contribution in [0.3, 0.4) is 0 Å². The van der Waals surface area contributed by atoms with Gasteiger partial charge in [0.25, 0.3) is 10.0 Å². The molecule has 0 amide bonds. The summed E-state index contributed by atoms with van der Waals surface area (Å²) in [5, 5.41) is 3.33. The molecule has 0 aliphatic heterocycles. The van der Waals surface area contributed by atoms with E-state index in [9.17, 15) is 8.42 Å². The number of thiophene rings is 1. The molecule has 0 bridgehead atoms. The van der Waals surface area contributed by atoms with Crippen molar-refractivity contribution in [1.82, 2.24) is 9.62 Å². The Kier molecular flexibility index (Phi) is 6.84. The van der Waals surface area contributed by atoms with Crippen molar-refractivity contribution in [3.8, 4) is 0 Å². The van der Waals surface area contributed by atoms with Crippen LogP contribution < -0.4 is 5.32 Å². The van der Waals surface area contributed by atoms with Crippen molar-refractivity contribution in [2.45, 2.75) is 56.7 Å². The van der Waals surface area contributed by atoms with Crippen LogP contribution in [0.15, 0.2) is 16.3 Å². The van der Waals surface area contributed by atoms with Crippen LogP contribution in [0.25, 0.3) is 0 Å². The van der Waals surface area contributed by atoms with Crippen molar-refractivity contribution in [3.63, 3.8) is 0 Å². The van der Waals surface area contributed by atoms with Gasteiger partial charge in [0.2, 0.25) is 0 Å². The van der Waals surface area contributed by atoms with E-state index in [0.29, 0.717) is 4.21 Å². The summed E-state index contributed by atoms with van der Waals surface area (Å²) in [6.07, 6.45) is 2.77. The molecular weight excluding hydrogens is 304 g/mol. The lowest BCUT2D eigenvalue weighted by molar-refractivity contribution is 0.257. The lowest BCUT2D eigenvalue weighted by atomic mass is 10.0. The first-order chi connectivity index (χ1) is 9.75. The fourth-order valence-corrected chi connectivity index (χ4v) is 4.93. The van der Waals surface area contributed by atoms with Gasteiger partial charge in [0.1, 0.15) is 4.21 Å². The first kappa shape index (κ1) is 18.6. The second-order valence-corrected chi connectivity index (χ2v) is 9.22. The highest BCUT2D eigenvalue weighted by molar-refractivity contribution is 7.91. The van der Waals surface area contributed by atoms with Gasteiger partial charge in [-0.15, -0.1) is 11.3 Å². The minimum atomic E-state index is -3.39. The monoisotopic (exact) mass is 332 g/mol. The van der Waals surface area contributed by atoms with Crippen LogP contribution in [0.4, 0.5) is 0 Å². The van der Waals surface area contributed by atoms with Crippen LogP contribution in [-0.4, -0.2) is 38.4 Å². The lowest BCUT2D eigenvalue weighted by Crippen LogP contribution is -2.44. The zero-order valence-corrected chi connectivity index (χ0v) is 15.4. The van der Waals surface area contributed by atoms with Crippen LogP contribution in [0.1, 0.15) is 45.4 Å². The van der Waals surface area contributed by atoms with Crippen LogP contribution >= 0.6 is 11.3 Å². The molecule has 122 valence electrons. The first-order valence-corrected chi connectivity index (χ1v) is 9.79. The van der Waals surface area contributed by atoms with Crippen molar-refractivity contribution in [3.05, 3.63) is 17.0 Å². The third kappa shape index (κ3) is 4.77. The van der Waals surface area contributed by atoms with Gasteiger partial charge in [0.05, 0.1) is 0 Å². The maximum atomic E-state index is 12.6. The average molecular weight is 333 g/mol. The molecule has 0 saturated carbocycles. The third-order valence-corrected chi connectivity index (χ3v) is 7.63. The van der Waals surface area contributed by atoms with E-state index in [4.69, 9.17) is 0 Å². The highest BCUT2D eigenvalue weighted by Crippen LogP contribution is 2.29. The summed E-state index contributed by atoms with van der Waals surface area (Å²) in [6, 6.07) is 3.66. The lowest BCUT2D eigenvalue weighted by Gasteiger charge is -2.33. The summed E-state index contributed by atoms with van der Waals surface area (Å²) in [5.41, 5.74) is -0.369. The largest absolute Gasteiger partial charge is 0.316 e. The van der Waals surface area contributed by atoms with E-state index in [1.165, 1.54) is 15.6 Å². The Morgan fingerprint density at radius 1 is 1.24 bits per heavy atom. The molecule has 1 aromatic heterocycles. The van der Waals surface area contributed by atoms with E-state index in [2.05, 4.69) is 12.2 Å². The average Bonchev–Trinajstić information content (AvgIpc) is 2.92. The molecule has 0 unspecified atom stereocenters. The smallest absolute Gasteiger partial charge is 0.252 e. The van der Waals surface area contributed by atoms with E-state index in [-0.39, 0.29) is 5.54 Å². The van der Waals surface area contributed by atoms with E-state index in [1.54, 1.807) is 13.1 Å². The number of hydrogen-bond donors (Lipinski definition) is 1. The fraction of sp³-hybridized carbons (Fsp3) is 0.733. The Morgan fingerprint density at radius 3 is 2.48 bits per heavy atom. The van der Waals surface area contributed by atoms with E-state index >= 15 is 0 Å². The highest BCUT2D eigenvalue weighted by atomic mass is 32.2. The molecule has 0 radical (unpaired) electrons. The second kappa shape index (κ2) is 7.72. The molecule has 1 rings (SSSR count). The SMILES string of the molecule is CCCNCCc1ccc(S(=O)(=O)N(C)C(C)(C)CC)s1. The van der Waals surface area contributed by atoms with Gasteiger partial charge < -0.3 is 5.32 Å². The molecule has 21 heavy (non-hydrogen) atoms. The van der Waals surface area contributed by atoms with E-state index in [0.717, 1.165) is 37.2 Å². The number of hydrogen-bond acceptors (Lipinski definition) is 4. The normalized spacial score (nSPS) is 13.0. The predicted molar refractivity (Wildman–Crippen MR) is 90.5 cm³/mol. The molecular formula is C15H28N2O2S2. The molecule has 1 N–H and O–H groups in total. The molecule has 0 aromatic carbocycles. The molecule has 0 saturated heterocycles. The highest BCUT2D eigenvalue weighted by Gasteiger charge is 2.33. The van der Waals surface area contributed by atoms with E-state index < -0.39 is 10.0 Å². The predicted octanol–water partition coefficient (Wildman–Crippen LogP) is 3.10. The van der Waals surface area contributed by atoms with Gasteiger partial charge in [0.15, 0.2) is 0 Å². The Labute approximate surface area is 133 Å². The minimum Gasteiger partial charge on any atom is -0.316 e. The van der Waals surface area contributed by atoms with E-state index in [1.807, 2.05) is 26.8 Å². The Balaban J connectivity index is 2.79. The number of rotatable bonds is 9. The molecule has 1 heterocycles. The topological polar surface area (TPSA) is 49.4 Å². The van der Waals surface area contributed by atoms with Gasteiger partial charge in [-0.25, -0.2) is 8.42 Å². The van der Waals surface area contributed by atoms with Gasteiger partial charge >= 0.3 is 0 Å². The van der Waals surface area contributed by atoms with Crippen LogP contribution in [0.5, 0.6) is 0 Å². The first-order valence-electron chi connectivity index (χ1n) is 7.54. The Bertz CT molecular complexity index is 536. The molecule has 0 fully saturated rings. The molecule has 0 atom stereocenters. The molecule has 0 spiro atoms. The summed E-state index contributed by atoms with van der Waals surface area (Å²) < 4.78 is 27.2. The fourth-order valence-electron chi connectivity index (χ4n) is 1.83. The Hall–Kier alpha value is -0.430. The van der Waals surface area contributed by atoms with Crippen LogP contribution in [-0.2, 0) is 16.4 Å². The maximum Gasteiger partial charge on any atom is 0.252 e. The number of nitrogens with zero attached hydrogens (tertiary/aromatic N) is 1. The number of nitrogens with one attached hydrogen (secondary N) is 1. The summed E-state index contributed by atoms with van der Waals surface area (Å²) in [5.74, 6) is 0. The van der Waals surface area contributed by atoms with Gasteiger partial charge in [-0.2, -0.15) is 4.31 Å². The van der Waals surface area contributed by atoms with Crippen molar-refractivity contribution in [2.24, 2.45) is 0 Å². The summed E-state index contributed by atoms with van der Waals surface area (Å²) in [7, 11) is -1.72. The molecule has 0 aliphatic rings.